The summed E-state index contributed by atoms with van der Waals surface area (Å²) in [4.78, 5) is 16.4. The first-order chi connectivity index (χ1) is 8.76. The molecule has 1 saturated carbocycles. The maximum Gasteiger partial charge on any atom is 0.255 e. The van der Waals surface area contributed by atoms with Crippen molar-refractivity contribution in [2.75, 3.05) is 18.6 Å². The normalized spacial score (nSPS) is 22.8. The van der Waals surface area contributed by atoms with Crippen LogP contribution in [0.2, 0.25) is 0 Å². The lowest BCUT2D eigenvalue weighted by Crippen LogP contribution is -2.38. The first-order valence-electron chi connectivity index (χ1n) is 6.22. The van der Waals surface area contributed by atoms with Gasteiger partial charge in [0, 0.05) is 24.5 Å². The van der Waals surface area contributed by atoms with Gasteiger partial charge in [-0.25, -0.2) is 4.98 Å². The zero-order valence-electron chi connectivity index (χ0n) is 10.8. The predicted octanol–water partition coefficient (Wildman–Crippen LogP) is 2.14. The van der Waals surface area contributed by atoms with E-state index in [2.05, 4.69) is 21.9 Å². The van der Waals surface area contributed by atoms with E-state index in [0.717, 1.165) is 6.42 Å². The van der Waals surface area contributed by atoms with Crippen LogP contribution < -0.4 is 10.6 Å². The number of carbonyl (C=O) groups is 1. The van der Waals surface area contributed by atoms with Crippen molar-refractivity contribution in [2.24, 2.45) is 0 Å². The minimum absolute atomic E-state index is 0.0293. The van der Waals surface area contributed by atoms with Crippen LogP contribution in [0.25, 0.3) is 0 Å². The number of carbonyl (C=O) groups excluding carboxylic acids is 1. The molecule has 18 heavy (non-hydrogen) atoms. The Labute approximate surface area is 112 Å². The summed E-state index contributed by atoms with van der Waals surface area (Å²) in [6, 6.07) is 3.88. The smallest absolute Gasteiger partial charge is 0.255 e. The van der Waals surface area contributed by atoms with Crippen LogP contribution in [-0.4, -0.2) is 35.5 Å². The molecule has 1 aliphatic carbocycles. The Bertz CT molecular complexity index is 424. The lowest BCUT2D eigenvalue weighted by molar-refractivity contribution is 0.0939. The van der Waals surface area contributed by atoms with E-state index in [1.165, 1.54) is 12.8 Å². The lowest BCUT2D eigenvalue weighted by atomic mass is 10.2. The second-order valence-electron chi connectivity index (χ2n) is 4.43. The largest absolute Gasteiger partial charge is 0.372 e. The van der Waals surface area contributed by atoms with Gasteiger partial charge in [0.2, 0.25) is 0 Å². The van der Waals surface area contributed by atoms with E-state index < -0.39 is 0 Å². The minimum Gasteiger partial charge on any atom is -0.372 e. The average Bonchev–Trinajstić information content (AvgIpc) is 2.85. The van der Waals surface area contributed by atoms with Crippen molar-refractivity contribution in [1.82, 2.24) is 10.3 Å². The van der Waals surface area contributed by atoms with Gasteiger partial charge in [-0.2, -0.15) is 11.8 Å². The molecule has 1 fully saturated rings. The van der Waals surface area contributed by atoms with E-state index in [1.54, 1.807) is 25.4 Å². The molecular weight excluding hydrogens is 246 g/mol. The zero-order valence-corrected chi connectivity index (χ0v) is 11.6. The van der Waals surface area contributed by atoms with Crippen molar-refractivity contribution in [1.29, 1.82) is 0 Å². The van der Waals surface area contributed by atoms with Crippen LogP contribution in [-0.2, 0) is 0 Å². The summed E-state index contributed by atoms with van der Waals surface area (Å²) in [5, 5.41) is 6.63. The summed E-state index contributed by atoms with van der Waals surface area (Å²) in [5.74, 6) is 0.604. The Hall–Kier alpha value is -1.23. The highest BCUT2D eigenvalue weighted by atomic mass is 32.2. The molecule has 1 aromatic rings. The molecule has 0 bridgehead atoms. The van der Waals surface area contributed by atoms with Crippen LogP contribution >= 0.6 is 11.8 Å². The Balaban J connectivity index is 2.07. The van der Waals surface area contributed by atoms with Gasteiger partial charge in [0.1, 0.15) is 5.82 Å². The predicted molar refractivity (Wildman–Crippen MR) is 76.2 cm³/mol. The van der Waals surface area contributed by atoms with Crippen molar-refractivity contribution < 1.29 is 4.79 Å². The molecule has 0 radical (unpaired) electrons. The summed E-state index contributed by atoms with van der Waals surface area (Å²) in [5.41, 5.74) is 0.617. The van der Waals surface area contributed by atoms with Crippen molar-refractivity contribution >= 4 is 23.5 Å². The molecule has 0 aromatic carbocycles. The Morgan fingerprint density at radius 3 is 3.06 bits per heavy atom. The molecule has 98 valence electrons. The molecule has 1 amide bonds. The van der Waals surface area contributed by atoms with Crippen molar-refractivity contribution in [3.05, 3.63) is 23.9 Å². The van der Waals surface area contributed by atoms with Crippen molar-refractivity contribution in [2.45, 2.75) is 30.6 Å². The number of nitrogens with zero attached hydrogens (tertiary/aromatic N) is 1. The summed E-state index contributed by atoms with van der Waals surface area (Å²) < 4.78 is 0. The summed E-state index contributed by atoms with van der Waals surface area (Å²) in [6.45, 7) is 0. The fourth-order valence-corrected chi connectivity index (χ4v) is 3.34. The topological polar surface area (TPSA) is 54.0 Å². The van der Waals surface area contributed by atoms with Crippen LogP contribution in [0, 0.1) is 0 Å². The van der Waals surface area contributed by atoms with Gasteiger partial charge >= 0.3 is 0 Å². The van der Waals surface area contributed by atoms with Crippen LogP contribution in [0.4, 0.5) is 5.82 Å². The Morgan fingerprint density at radius 1 is 1.50 bits per heavy atom. The number of pyridine rings is 1. The fraction of sp³-hybridized carbons (Fsp3) is 0.538. The Morgan fingerprint density at radius 2 is 2.33 bits per heavy atom. The van der Waals surface area contributed by atoms with Gasteiger partial charge in [0.25, 0.3) is 5.91 Å². The quantitative estimate of drug-likeness (QED) is 0.876. The van der Waals surface area contributed by atoms with E-state index >= 15 is 0 Å². The van der Waals surface area contributed by atoms with E-state index in [4.69, 9.17) is 0 Å². The third-order valence-electron chi connectivity index (χ3n) is 3.36. The third-order valence-corrected chi connectivity index (χ3v) is 4.53. The molecule has 1 aliphatic rings. The molecule has 1 heterocycles. The molecule has 2 N–H and O–H groups in total. The number of anilines is 1. The minimum atomic E-state index is -0.0293. The number of thioether (sulfide) groups is 1. The highest BCUT2D eigenvalue weighted by Crippen LogP contribution is 2.28. The van der Waals surface area contributed by atoms with Gasteiger partial charge in [-0.05, 0) is 31.2 Å². The molecule has 2 unspecified atom stereocenters. The number of nitrogens with one attached hydrogen (secondary N) is 2. The van der Waals surface area contributed by atoms with E-state index in [1.807, 2.05) is 11.8 Å². The first kappa shape index (κ1) is 13.2. The number of aromatic nitrogens is 1. The second-order valence-corrected chi connectivity index (χ2v) is 5.51. The van der Waals surface area contributed by atoms with Gasteiger partial charge in [-0.15, -0.1) is 0 Å². The van der Waals surface area contributed by atoms with E-state index in [0.29, 0.717) is 16.6 Å². The molecule has 2 rings (SSSR count). The first-order valence-corrected chi connectivity index (χ1v) is 7.51. The monoisotopic (exact) mass is 265 g/mol. The van der Waals surface area contributed by atoms with Gasteiger partial charge < -0.3 is 10.6 Å². The lowest BCUT2D eigenvalue weighted by Gasteiger charge is -2.19. The number of hydrogen-bond donors (Lipinski definition) is 2. The number of rotatable bonds is 4. The molecule has 1 aromatic heterocycles. The third kappa shape index (κ3) is 2.77. The van der Waals surface area contributed by atoms with Crippen LogP contribution in [0.5, 0.6) is 0 Å². The van der Waals surface area contributed by atoms with Crippen molar-refractivity contribution in [3.8, 4) is 0 Å². The maximum atomic E-state index is 12.2. The molecule has 4 nitrogen and oxygen atoms in total. The molecule has 0 spiro atoms. The SMILES string of the molecule is CNc1ncccc1C(=O)NC1CCCC1SC. The van der Waals surface area contributed by atoms with Crippen LogP contribution in [0.15, 0.2) is 18.3 Å². The molecule has 2 atom stereocenters. The number of amides is 1. The summed E-state index contributed by atoms with van der Waals surface area (Å²) in [6.07, 6.45) is 7.26. The van der Waals surface area contributed by atoms with Gasteiger partial charge in [0.15, 0.2) is 0 Å². The molecule has 0 saturated heterocycles. The highest BCUT2D eigenvalue weighted by molar-refractivity contribution is 7.99. The van der Waals surface area contributed by atoms with Crippen LogP contribution in [0.1, 0.15) is 29.6 Å². The fourth-order valence-electron chi connectivity index (χ4n) is 2.41. The van der Waals surface area contributed by atoms with E-state index in [9.17, 15) is 4.79 Å². The van der Waals surface area contributed by atoms with Gasteiger partial charge in [-0.3, -0.25) is 4.79 Å². The molecular formula is C13H19N3OS. The van der Waals surface area contributed by atoms with Crippen LogP contribution in [0.3, 0.4) is 0 Å². The number of hydrogen-bond acceptors (Lipinski definition) is 4. The summed E-state index contributed by atoms with van der Waals surface area (Å²) >= 11 is 1.84. The summed E-state index contributed by atoms with van der Waals surface area (Å²) in [7, 11) is 1.78. The van der Waals surface area contributed by atoms with Gasteiger partial charge in [-0.1, -0.05) is 6.42 Å². The Kier molecular flexibility index (Phi) is 4.47. The van der Waals surface area contributed by atoms with Crippen molar-refractivity contribution in [3.63, 3.8) is 0 Å². The molecule has 5 heteroatoms. The highest BCUT2D eigenvalue weighted by Gasteiger charge is 2.28. The van der Waals surface area contributed by atoms with Gasteiger partial charge in [0.05, 0.1) is 5.56 Å². The molecule has 0 aliphatic heterocycles. The zero-order chi connectivity index (χ0) is 13.0. The standard InChI is InChI=1S/C13H19N3OS/c1-14-12-9(5-4-8-15-12)13(17)16-10-6-3-7-11(10)18-2/h4-5,8,10-11H,3,6-7H2,1-2H3,(H,14,15)(H,16,17). The average molecular weight is 265 g/mol. The second kappa shape index (κ2) is 6.09. The maximum absolute atomic E-state index is 12.2. The van der Waals surface area contributed by atoms with E-state index in [-0.39, 0.29) is 11.9 Å².